The highest BCUT2D eigenvalue weighted by Gasteiger charge is 2.30. The van der Waals surface area contributed by atoms with Gasteiger partial charge in [0.1, 0.15) is 5.75 Å². The fourth-order valence-electron chi connectivity index (χ4n) is 3.05. The molecular weight excluding hydrogens is 386 g/mol. The molecule has 1 saturated carbocycles. The van der Waals surface area contributed by atoms with Gasteiger partial charge in [-0.1, -0.05) is 23.9 Å². The van der Waals surface area contributed by atoms with Crippen molar-refractivity contribution in [3.05, 3.63) is 54.4 Å². The Labute approximate surface area is 173 Å². The van der Waals surface area contributed by atoms with Crippen molar-refractivity contribution in [2.75, 3.05) is 19.4 Å². The van der Waals surface area contributed by atoms with E-state index in [9.17, 15) is 4.79 Å². The van der Waals surface area contributed by atoms with Gasteiger partial charge in [-0.25, -0.2) is 0 Å². The number of amides is 1. The van der Waals surface area contributed by atoms with Gasteiger partial charge in [0, 0.05) is 30.5 Å². The Bertz CT molecular complexity index is 955. The van der Waals surface area contributed by atoms with E-state index in [1.165, 1.54) is 11.8 Å². The van der Waals surface area contributed by atoms with Gasteiger partial charge >= 0.3 is 0 Å². The molecule has 1 amide bonds. The molecule has 2 aromatic heterocycles. The number of nitrogens with one attached hydrogen (secondary N) is 1. The van der Waals surface area contributed by atoms with Gasteiger partial charge in [-0.05, 0) is 49.1 Å². The number of carbonyl (C=O) groups is 1. The molecule has 3 aromatic rings. The van der Waals surface area contributed by atoms with Crippen LogP contribution in [-0.4, -0.2) is 45.1 Å². The third kappa shape index (κ3) is 4.95. The lowest BCUT2D eigenvalue weighted by Gasteiger charge is -2.09. The average molecular weight is 410 g/mol. The number of benzene rings is 1. The lowest BCUT2D eigenvalue weighted by Crippen LogP contribution is -2.27. The fraction of sp³-hybridized carbons (Fsp3) is 0.333. The van der Waals surface area contributed by atoms with Gasteiger partial charge in [0.25, 0.3) is 0 Å². The Morgan fingerprint density at radius 1 is 1.24 bits per heavy atom. The first-order valence-electron chi connectivity index (χ1n) is 9.62. The molecule has 1 fully saturated rings. The third-order valence-electron chi connectivity index (χ3n) is 4.72. The zero-order valence-corrected chi connectivity index (χ0v) is 17.1. The highest BCUT2D eigenvalue weighted by molar-refractivity contribution is 7.99. The first-order chi connectivity index (χ1) is 14.2. The molecule has 1 aromatic carbocycles. The SMILES string of the molecule is COc1ccc(CCNC(=O)CSc2nnc(-c3cccnc3)n2C2CC2)cc1. The van der Waals surface area contributed by atoms with Crippen molar-refractivity contribution >= 4 is 17.7 Å². The van der Waals surface area contributed by atoms with E-state index in [2.05, 4.69) is 25.1 Å². The van der Waals surface area contributed by atoms with E-state index in [0.717, 1.165) is 47.1 Å². The van der Waals surface area contributed by atoms with E-state index in [4.69, 9.17) is 4.74 Å². The van der Waals surface area contributed by atoms with Crippen LogP contribution in [0, 0.1) is 0 Å². The number of carbonyl (C=O) groups excluding carboxylic acids is 1. The average Bonchev–Trinajstić information content (AvgIpc) is 3.52. The Kier molecular flexibility index (Phi) is 6.09. The van der Waals surface area contributed by atoms with Crippen LogP contribution in [0.15, 0.2) is 53.9 Å². The standard InChI is InChI=1S/C21H23N5O2S/c1-28-18-8-4-15(5-9-18)10-12-23-19(27)14-29-21-25-24-20(26(21)17-6-7-17)16-3-2-11-22-13-16/h2-5,8-9,11,13,17H,6-7,10,12,14H2,1H3,(H,23,27). The molecule has 0 spiro atoms. The summed E-state index contributed by atoms with van der Waals surface area (Å²) in [5.74, 6) is 1.97. The minimum absolute atomic E-state index is 0.00298. The topological polar surface area (TPSA) is 81.9 Å². The number of rotatable bonds is 9. The van der Waals surface area contributed by atoms with Crippen LogP contribution in [0.3, 0.4) is 0 Å². The second-order valence-corrected chi connectivity index (χ2v) is 7.83. The van der Waals surface area contributed by atoms with Crippen LogP contribution < -0.4 is 10.1 Å². The molecule has 0 aliphatic heterocycles. The van der Waals surface area contributed by atoms with Crippen LogP contribution in [0.4, 0.5) is 0 Å². The Morgan fingerprint density at radius 2 is 2.07 bits per heavy atom. The summed E-state index contributed by atoms with van der Waals surface area (Å²) < 4.78 is 7.30. The maximum absolute atomic E-state index is 12.3. The van der Waals surface area contributed by atoms with Crippen LogP contribution in [0.2, 0.25) is 0 Å². The zero-order valence-electron chi connectivity index (χ0n) is 16.2. The van der Waals surface area contributed by atoms with Crippen molar-refractivity contribution in [3.63, 3.8) is 0 Å². The lowest BCUT2D eigenvalue weighted by molar-refractivity contribution is -0.118. The molecule has 29 heavy (non-hydrogen) atoms. The molecule has 0 atom stereocenters. The van der Waals surface area contributed by atoms with Gasteiger partial charge in [0.15, 0.2) is 11.0 Å². The van der Waals surface area contributed by atoms with Crippen LogP contribution >= 0.6 is 11.8 Å². The number of hydrogen-bond donors (Lipinski definition) is 1. The summed E-state index contributed by atoms with van der Waals surface area (Å²) >= 11 is 1.43. The van der Waals surface area contributed by atoms with Crippen LogP contribution in [0.1, 0.15) is 24.4 Å². The van der Waals surface area contributed by atoms with Crippen molar-refractivity contribution in [2.24, 2.45) is 0 Å². The number of thioether (sulfide) groups is 1. The van der Waals surface area contributed by atoms with E-state index in [-0.39, 0.29) is 5.91 Å². The first kappa shape index (κ1) is 19.4. The van der Waals surface area contributed by atoms with Crippen molar-refractivity contribution in [2.45, 2.75) is 30.5 Å². The quantitative estimate of drug-likeness (QED) is 0.547. The molecule has 0 unspecified atom stereocenters. The first-order valence-corrected chi connectivity index (χ1v) is 10.6. The van der Waals surface area contributed by atoms with Gasteiger partial charge < -0.3 is 10.1 Å². The van der Waals surface area contributed by atoms with Crippen molar-refractivity contribution < 1.29 is 9.53 Å². The number of nitrogens with zero attached hydrogens (tertiary/aromatic N) is 4. The molecule has 0 radical (unpaired) electrons. The molecule has 7 nitrogen and oxygen atoms in total. The van der Waals surface area contributed by atoms with E-state index in [1.807, 2.05) is 36.4 Å². The summed E-state index contributed by atoms with van der Waals surface area (Å²) in [6, 6.07) is 12.2. The molecule has 4 rings (SSSR count). The highest BCUT2D eigenvalue weighted by Crippen LogP contribution is 2.40. The molecule has 1 aliphatic carbocycles. The van der Waals surface area contributed by atoms with Gasteiger partial charge in [0.05, 0.1) is 12.9 Å². The summed E-state index contributed by atoms with van der Waals surface area (Å²) in [6.07, 6.45) is 6.56. The number of aromatic nitrogens is 4. The maximum atomic E-state index is 12.3. The number of pyridine rings is 1. The molecule has 0 bridgehead atoms. The second-order valence-electron chi connectivity index (χ2n) is 6.89. The molecule has 150 valence electrons. The summed E-state index contributed by atoms with van der Waals surface area (Å²) in [4.78, 5) is 16.4. The molecule has 0 saturated heterocycles. The minimum Gasteiger partial charge on any atom is -0.497 e. The summed E-state index contributed by atoms with van der Waals surface area (Å²) in [5, 5.41) is 12.4. The normalized spacial score (nSPS) is 13.3. The predicted molar refractivity (Wildman–Crippen MR) is 112 cm³/mol. The maximum Gasteiger partial charge on any atom is 0.230 e. The monoisotopic (exact) mass is 409 g/mol. The molecule has 1 aliphatic rings. The smallest absolute Gasteiger partial charge is 0.230 e. The van der Waals surface area contributed by atoms with Crippen molar-refractivity contribution in [3.8, 4) is 17.1 Å². The van der Waals surface area contributed by atoms with Gasteiger partial charge in [0.2, 0.25) is 5.91 Å². The number of ether oxygens (including phenoxy) is 1. The van der Waals surface area contributed by atoms with Gasteiger partial charge in [-0.3, -0.25) is 14.3 Å². The van der Waals surface area contributed by atoms with E-state index in [1.54, 1.807) is 19.5 Å². The zero-order chi connectivity index (χ0) is 20.1. The Hall–Kier alpha value is -2.87. The summed E-state index contributed by atoms with van der Waals surface area (Å²) in [6.45, 7) is 0.599. The molecule has 8 heteroatoms. The minimum atomic E-state index is -0.00298. The number of hydrogen-bond acceptors (Lipinski definition) is 6. The predicted octanol–water partition coefficient (Wildman–Crippen LogP) is 3.13. The largest absolute Gasteiger partial charge is 0.497 e. The third-order valence-corrected chi connectivity index (χ3v) is 5.67. The fourth-order valence-corrected chi connectivity index (χ4v) is 3.88. The Balaban J connectivity index is 1.30. The Morgan fingerprint density at radius 3 is 2.76 bits per heavy atom. The van der Waals surface area contributed by atoms with Gasteiger partial charge in [-0.15, -0.1) is 10.2 Å². The molecule has 2 heterocycles. The van der Waals surface area contributed by atoms with Crippen LogP contribution in [0.25, 0.3) is 11.4 Å². The van der Waals surface area contributed by atoms with Crippen LogP contribution in [-0.2, 0) is 11.2 Å². The van der Waals surface area contributed by atoms with E-state index >= 15 is 0 Å². The second kappa shape index (κ2) is 9.09. The van der Waals surface area contributed by atoms with Crippen molar-refractivity contribution in [1.29, 1.82) is 0 Å². The number of methoxy groups -OCH3 is 1. The van der Waals surface area contributed by atoms with Crippen molar-refractivity contribution in [1.82, 2.24) is 25.1 Å². The summed E-state index contributed by atoms with van der Waals surface area (Å²) in [7, 11) is 1.65. The lowest BCUT2D eigenvalue weighted by atomic mass is 10.1. The van der Waals surface area contributed by atoms with Crippen LogP contribution in [0.5, 0.6) is 5.75 Å². The van der Waals surface area contributed by atoms with E-state index in [0.29, 0.717) is 18.3 Å². The molecular formula is C21H23N5O2S. The molecule has 1 N–H and O–H groups in total. The van der Waals surface area contributed by atoms with Gasteiger partial charge in [-0.2, -0.15) is 0 Å². The summed E-state index contributed by atoms with van der Waals surface area (Å²) in [5.41, 5.74) is 2.11. The van der Waals surface area contributed by atoms with E-state index < -0.39 is 0 Å². The highest BCUT2D eigenvalue weighted by atomic mass is 32.2.